The number of fused-ring (bicyclic) bond motifs is 3. The number of aromatic nitrogens is 2. The number of hydrogen-bond donors (Lipinski definition) is 3. The first kappa shape index (κ1) is 25.2. The van der Waals surface area contributed by atoms with Crippen molar-refractivity contribution in [1.82, 2.24) is 9.55 Å². The molecule has 188 valence electrons. The molecular weight excluding hydrogens is 482 g/mol. The van der Waals surface area contributed by atoms with Gasteiger partial charge in [-0.2, -0.15) is 13.2 Å². The molecule has 3 aromatic rings. The van der Waals surface area contributed by atoms with E-state index in [1.54, 1.807) is 0 Å². The van der Waals surface area contributed by atoms with Gasteiger partial charge in [0, 0.05) is 6.07 Å². The number of benzene rings is 2. The molecule has 0 fully saturated rings. The molecule has 1 aliphatic heterocycles. The first-order valence-corrected chi connectivity index (χ1v) is 10.7. The molecular formula is C25H21F4N3O4. The summed E-state index contributed by atoms with van der Waals surface area (Å²) in [6, 6.07) is 6.46. The SMILES string of the molecule is CC(C)(O)C#Cc1cc2c(cc1F)OCCn1c-2nc(C(N)=O)c1C(O)c1cccc(C(F)(F)F)c1. The van der Waals surface area contributed by atoms with Gasteiger partial charge in [0.2, 0.25) is 0 Å². The van der Waals surface area contributed by atoms with E-state index in [9.17, 15) is 32.6 Å². The molecule has 1 aromatic heterocycles. The molecule has 0 radical (unpaired) electrons. The second kappa shape index (κ2) is 8.96. The van der Waals surface area contributed by atoms with Crippen molar-refractivity contribution in [2.75, 3.05) is 6.61 Å². The maximum absolute atomic E-state index is 14.7. The number of alkyl halides is 3. The van der Waals surface area contributed by atoms with Crippen LogP contribution >= 0.6 is 0 Å². The van der Waals surface area contributed by atoms with Gasteiger partial charge in [0.15, 0.2) is 5.69 Å². The summed E-state index contributed by atoms with van der Waals surface area (Å²) in [4.78, 5) is 16.5. The predicted octanol–water partition coefficient (Wildman–Crippen LogP) is 3.40. The number of ether oxygens (including phenoxy) is 1. The third kappa shape index (κ3) is 4.91. The van der Waals surface area contributed by atoms with Crippen molar-refractivity contribution >= 4 is 5.91 Å². The van der Waals surface area contributed by atoms with Crippen LogP contribution in [0, 0.1) is 17.7 Å². The van der Waals surface area contributed by atoms with Crippen LogP contribution < -0.4 is 10.5 Å². The highest BCUT2D eigenvalue weighted by Crippen LogP contribution is 2.39. The number of aliphatic hydroxyl groups is 2. The quantitative estimate of drug-likeness (QED) is 0.375. The Kier molecular flexibility index (Phi) is 6.28. The van der Waals surface area contributed by atoms with Crippen LogP contribution in [0.3, 0.4) is 0 Å². The Bertz CT molecular complexity index is 1410. The van der Waals surface area contributed by atoms with Gasteiger partial charge in [-0.05, 0) is 37.6 Å². The van der Waals surface area contributed by atoms with Crippen LogP contribution in [-0.2, 0) is 12.7 Å². The number of nitrogens with zero attached hydrogens (tertiary/aromatic N) is 2. The van der Waals surface area contributed by atoms with Crippen LogP contribution in [-0.4, -0.2) is 37.9 Å². The Morgan fingerprint density at radius 2 is 1.97 bits per heavy atom. The molecule has 0 saturated heterocycles. The summed E-state index contributed by atoms with van der Waals surface area (Å²) in [6.07, 6.45) is -6.33. The fourth-order valence-corrected chi connectivity index (χ4v) is 3.81. The monoisotopic (exact) mass is 503 g/mol. The normalized spacial score (nSPS) is 14.0. The van der Waals surface area contributed by atoms with Crippen LogP contribution in [0.15, 0.2) is 36.4 Å². The van der Waals surface area contributed by atoms with Gasteiger partial charge < -0.3 is 25.3 Å². The van der Waals surface area contributed by atoms with Crippen molar-refractivity contribution < 1.29 is 37.3 Å². The summed E-state index contributed by atoms with van der Waals surface area (Å²) >= 11 is 0. The van der Waals surface area contributed by atoms with Crippen LogP contribution in [0.4, 0.5) is 17.6 Å². The summed E-state index contributed by atoms with van der Waals surface area (Å²) in [5, 5.41) is 20.9. The molecule has 0 spiro atoms. The van der Waals surface area contributed by atoms with Gasteiger partial charge in [-0.1, -0.05) is 24.0 Å². The minimum Gasteiger partial charge on any atom is -0.491 e. The number of amides is 1. The van der Waals surface area contributed by atoms with E-state index in [0.29, 0.717) is 0 Å². The Balaban J connectivity index is 1.91. The molecule has 7 nitrogen and oxygen atoms in total. The average Bonchev–Trinajstić information content (AvgIpc) is 3.08. The van der Waals surface area contributed by atoms with Gasteiger partial charge in [-0.15, -0.1) is 0 Å². The lowest BCUT2D eigenvalue weighted by molar-refractivity contribution is -0.137. The number of aliphatic hydroxyl groups excluding tert-OH is 1. The number of hydrogen-bond acceptors (Lipinski definition) is 5. The van der Waals surface area contributed by atoms with Crippen molar-refractivity contribution in [3.63, 3.8) is 0 Å². The molecule has 1 amide bonds. The topological polar surface area (TPSA) is 111 Å². The number of primary amides is 1. The third-order valence-electron chi connectivity index (χ3n) is 5.41. The zero-order chi connectivity index (χ0) is 26.4. The minimum absolute atomic E-state index is 0.0228. The summed E-state index contributed by atoms with van der Waals surface area (Å²) in [5.41, 5.74) is 2.66. The number of nitrogens with two attached hydrogens (primary N) is 1. The Hall–Kier alpha value is -3.88. The summed E-state index contributed by atoms with van der Waals surface area (Å²) < 4.78 is 61.4. The minimum atomic E-state index is -4.64. The van der Waals surface area contributed by atoms with E-state index in [-0.39, 0.29) is 52.8 Å². The lowest BCUT2D eigenvalue weighted by atomic mass is 10.0. The number of carbonyl (C=O) groups is 1. The number of imidazole rings is 1. The fraction of sp³-hybridized carbons (Fsp3) is 0.280. The molecule has 2 heterocycles. The zero-order valence-corrected chi connectivity index (χ0v) is 19.2. The van der Waals surface area contributed by atoms with Crippen molar-refractivity contribution in [1.29, 1.82) is 0 Å². The molecule has 0 bridgehead atoms. The second-order valence-electron chi connectivity index (χ2n) is 8.70. The maximum atomic E-state index is 14.7. The molecule has 1 aliphatic rings. The van der Waals surface area contributed by atoms with Gasteiger partial charge in [0.25, 0.3) is 5.91 Å². The molecule has 4 N–H and O–H groups in total. The van der Waals surface area contributed by atoms with Gasteiger partial charge in [-0.3, -0.25) is 4.79 Å². The smallest absolute Gasteiger partial charge is 0.416 e. The molecule has 2 aromatic carbocycles. The standard InChI is InChI=1S/C25H21F4N3O4/c1-24(2,35)7-6-13-11-16-18(12-17(13)26)36-9-8-32-20(19(22(30)34)31-23(16)32)21(33)14-4-3-5-15(10-14)25(27,28)29/h3-5,10-12,21,33,35H,8-9H2,1-2H3,(H2,30,34). The molecule has 0 aliphatic carbocycles. The van der Waals surface area contributed by atoms with Crippen molar-refractivity contribution in [2.24, 2.45) is 5.73 Å². The van der Waals surface area contributed by atoms with E-state index in [4.69, 9.17) is 10.5 Å². The number of carbonyl (C=O) groups excluding carboxylic acids is 1. The first-order valence-electron chi connectivity index (χ1n) is 10.7. The van der Waals surface area contributed by atoms with E-state index >= 15 is 0 Å². The average molecular weight is 503 g/mol. The van der Waals surface area contributed by atoms with E-state index < -0.39 is 35.2 Å². The zero-order valence-electron chi connectivity index (χ0n) is 19.2. The summed E-state index contributed by atoms with van der Waals surface area (Å²) in [6.45, 7) is 2.86. The van der Waals surface area contributed by atoms with Crippen LogP contribution in [0.5, 0.6) is 5.75 Å². The van der Waals surface area contributed by atoms with Gasteiger partial charge in [0.05, 0.1) is 28.9 Å². The van der Waals surface area contributed by atoms with E-state index in [1.165, 1.54) is 30.5 Å². The summed E-state index contributed by atoms with van der Waals surface area (Å²) in [7, 11) is 0. The van der Waals surface area contributed by atoms with Gasteiger partial charge in [-0.25, -0.2) is 9.37 Å². The van der Waals surface area contributed by atoms with Crippen molar-refractivity contribution in [3.05, 3.63) is 70.3 Å². The van der Waals surface area contributed by atoms with Crippen LogP contribution in [0.25, 0.3) is 11.4 Å². The maximum Gasteiger partial charge on any atom is 0.416 e. The molecule has 36 heavy (non-hydrogen) atoms. The number of rotatable bonds is 3. The van der Waals surface area contributed by atoms with E-state index in [0.717, 1.165) is 24.3 Å². The predicted molar refractivity (Wildman–Crippen MR) is 120 cm³/mol. The molecule has 4 rings (SSSR count). The highest BCUT2D eigenvalue weighted by Gasteiger charge is 2.34. The van der Waals surface area contributed by atoms with Crippen molar-refractivity contribution in [3.8, 4) is 29.0 Å². The van der Waals surface area contributed by atoms with Gasteiger partial charge in [0.1, 0.15) is 35.7 Å². The lowest BCUT2D eigenvalue weighted by Gasteiger charge is -2.17. The second-order valence-corrected chi connectivity index (χ2v) is 8.70. The number of halogens is 4. The van der Waals surface area contributed by atoms with Crippen LogP contribution in [0.1, 0.15) is 52.8 Å². The van der Waals surface area contributed by atoms with Crippen molar-refractivity contribution in [2.45, 2.75) is 38.3 Å². The van der Waals surface area contributed by atoms with E-state index in [1.807, 2.05) is 0 Å². The van der Waals surface area contributed by atoms with Gasteiger partial charge >= 0.3 is 6.18 Å². The summed E-state index contributed by atoms with van der Waals surface area (Å²) in [5.74, 6) is 3.50. The molecule has 1 unspecified atom stereocenters. The highest BCUT2D eigenvalue weighted by molar-refractivity contribution is 5.93. The Labute approximate surface area is 203 Å². The lowest BCUT2D eigenvalue weighted by Crippen LogP contribution is -2.19. The van der Waals surface area contributed by atoms with E-state index in [2.05, 4.69) is 16.8 Å². The molecule has 11 heteroatoms. The first-order chi connectivity index (χ1) is 16.8. The third-order valence-corrected chi connectivity index (χ3v) is 5.41. The largest absolute Gasteiger partial charge is 0.491 e. The molecule has 1 atom stereocenters. The highest BCUT2D eigenvalue weighted by atomic mass is 19.4. The fourth-order valence-electron chi connectivity index (χ4n) is 3.81. The Morgan fingerprint density at radius 3 is 2.61 bits per heavy atom. The molecule has 0 saturated carbocycles. The van der Waals surface area contributed by atoms with Crippen LogP contribution in [0.2, 0.25) is 0 Å². The Morgan fingerprint density at radius 1 is 1.25 bits per heavy atom.